The minimum absolute atomic E-state index is 0.183. The predicted octanol–water partition coefficient (Wildman–Crippen LogP) is 1.15. The molecule has 8 nitrogen and oxygen atoms in total. The lowest BCUT2D eigenvalue weighted by atomic mass is 10.2. The number of carbonyl (C=O) groups excluding carboxylic acids is 3. The van der Waals surface area contributed by atoms with E-state index in [4.69, 9.17) is 4.74 Å². The molecule has 0 fully saturated rings. The molecule has 3 rings (SSSR count). The fraction of sp³-hybridized carbons (Fsp3) is 0.118. The lowest BCUT2D eigenvalue weighted by Gasteiger charge is -2.05. The molecular weight excluding hydrogens is 324 g/mol. The first-order chi connectivity index (χ1) is 12.1. The van der Waals surface area contributed by atoms with E-state index >= 15 is 0 Å². The van der Waals surface area contributed by atoms with Crippen LogP contribution in [0.15, 0.2) is 48.8 Å². The zero-order valence-electron chi connectivity index (χ0n) is 13.3. The van der Waals surface area contributed by atoms with Crippen LogP contribution in [0.3, 0.4) is 0 Å². The molecule has 1 N–H and O–H groups in total. The molecule has 0 aliphatic rings. The van der Waals surface area contributed by atoms with Crippen LogP contribution in [0.4, 0.5) is 0 Å². The van der Waals surface area contributed by atoms with Crippen molar-refractivity contribution in [3.05, 3.63) is 65.6 Å². The van der Waals surface area contributed by atoms with Gasteiger partial charge in [0.1, 0.15) is 5.56 Å². The number of hydrogen-bond donors (Lipinski definition) is 1. The third-order valence-electron chi connectivity index (χ3n) is 3.40. The number of rotatable bonds is 4. The van der Waals surface area contributed by atoms with Crippen molar-refractivity contribution in [1.82, 2.24) is 19.9 Å². The molecule has 0 aliphatic carbocycles. The van der Waals surface area contributed by atoms with Crippen LogP contribution >= 0.6 is 0 Å². The minimum Gasteiger partial charge on any atom is -0.452 e. The summed E-state index contributed by atoms with van der Waals surface area (Å²) in [4.78, 5) is 40.0. The summed E-state index contributed by atoms with van der Waals surface area (Å²) in [6, 6.07) is 9.94. The van der Waals surface area contributed by atoms with Gasteiger partial charge in [-0.15, -0.1) is 0 Å². The van der Waals surface area contributed by atoms with Gasteiger partial charge in [-0.1, -0.05) is 18.2 Å². The third-order valence-corrected chi connectivity index (χ3v) is 3.40. The lowest BCUT2D eigenvalue weighted by Crippen LogP contribution is -2.34. The second-order valence-electron chi connectivity index (χ2n) is 5.17. The summed E-state index contributed by atoms with van der Waals surface area (Å²) in [5.41, 5.74) is 1.29. The van der Waals surface area contributed by atoms with Crippen molar-refractivity contribution in [1.29, 1.82) is 0 Å². The van der Waals surface area contributed by atoms with Crippen LogP contribution in [0.2, 0.25) is 0 Å². The van der Waals surface area contributed by atoms with E-state index in [9.17, 15) is 14.4 Å². The molecule has 2 aromatic heterocycles. The number of amides is 2. The number of ether oxygens (including phenoxy) is 1. The number of fused-ring (bicyclic) bond motifs is 1. The molecule has 3 aromatic rings. The number of benzene rings is 1. The molecule has 2 heterocycles. The van der Waals surface area contributed by atoms with Crippen LogP contribution in [0.25, 0.3) is 5.65 Å². The molecule has 0 radical (unpaired) electrons. The third kappa shape index (κ3) is 3.52. The van der Waals surface area contributed by atoms with E-state index in [0.29, 0.717) is 16.9 Å². The first-order valence-corrected chi connectivity index (χ1v) is 7.42. The summed E-state index contributed by atoms with van der Waals surface area (Å²) in [6.45, 7) is 1.06. The Bertz CT molecular complexity index is 950. The van der Waals surface area contributed by atoms with Gasteiger partial charge in [0.15, 0.2) is 12.3 Å². The van der Waals surface area contributed by atoms with Gasteiger partial charge in [-0.3, -0.25) is 14.9 Å². The second-order valence-corrected chi connectivity index (χ2v) is 5.17. The molecule has 0 atom stereocenters. The highest BCUT2D eigenvalue weighted by atomic mass is 16.5. The van der Waals surface area contributed by atoms with Crippen LogP contribution in [0.1, 0.15) is 26.4 Å². The fourth-order valence-electron chi connectivity index (χ4n) is 2.26. The van der Waals surface area contributed by atoms with Crippen LogP contribution in [-0.2, 0) is 9.53 Å². The van der Waals surface area contributed by atoms with Gasteiger partial charge in [-0.25, -0.2) is 14.3 Å². The molecule has 8 heteroatoms. The Kier molecular flexibility index (Phi) is 4.51. The van der Waals surface area contributed by atoms with Crippen LogP contribution in [-0.4, -0.2) is 39.0 Å². The summed E-state index contributed by atoms with van der Waals surface area (Å²) in [7, 11) is 0. The van der Waals surface area contributed by atoms with E-state index in [-0.39, 0.29) is 5.56 Å². The van der Waals surface area contributed by atoms with E-state index in [1.807, 2.05) is 0 Å². The van der Waals surface area contributed by atoms with Gasteiger partial charge in [0, 0.05) is 18.0 Å². The number of hydrogen-bond acceptors (Lipinski definition) is 6. The van der Waals surface area contributed by atoms with Gasteiger partial charge in [0.05, 0.1) is 5.69 Å². The molecule has 1 aromatic carbocycles. The molecule has 0 saturated carbocycles. The molecule has 25 heavy (non-hydrogen) atoms. The molecule has 0 spiro atoms. The Morgan fingerprint density at radius 2 is 1.92 bits per heavy atom. The maximum absolute atomic E-state index is 12.2. The summed E-state index contributed by atoms with van der Waals surface area (Å²) in [5, 5.41) is 6.31. The van der Waals surface area contributed by atoms with E-state index in [1.54, 1.807) is 49.5 Å². The van der Waals surface area contributed by atoms with E-state index < -0.39 is 24.4 Å². The Morgan fingerprint density at radius 1 is 1.16 bits per heavy atom. The topological polar surface area (TPSA) is 103 Å². The van der Waals surface area contributed by atoms with Crippen LogP contribution < -0.4 is 5.32 Å². The summed E-state index contributed by atoms with van der Waals surface area (Å²) in [6.07, 6.45) is 3.18. The van der Waals surface area contributed by atoms with Crippen LogP contribution in [0, 0.1) is 6.92 Å². The van der Waals surface area contributed by atoms with Gasteiger partial charge in [0.25, 0.3) is 11.8 Å². The zero-order valence-corrected chi connectivity index (χ0v) is 13.3. The minimum atomic E-state index is -0.728. The van der Waals surface area contributed by atoms with E-state index in [2.05, 4.69) is 15.4 Å². The maximum Gasteiger partial charge on any atom is 0.344 e. The molecular formula is C17H14N4O4. The zero-order chi connectivity index (χ0) is 17.8. The van der Waals surface area contributed by atoms with Gasteiger partial charge < -0.3 is 4.74 Å². The number of aryl methyl sites for hydroxylation is 1. The molecule has 0 aliphatic heterocycles. The number of imide groups is 1. The van der Waals surface area contributed by atoms with Gasteiger partial charge in [-0.05, 0) is 25.1 Å². The molecule has 126 valence electrons. The summed E-state index contributed by atoms with van der Waals surface area (Å²) < 4.78 is 6.43. The number of nitrogens with one attached hydrogen (secondary N) is 1. The van der Waals surface area contributed by atoms with Crippen molar-refractivity contribution < 1.29 is 19.1 Å². The first kappa shape index (κ1) is 16.3. The standard InChI is InChI=1S/C17H14N4O4/c1-11-14(15-18-8-5-9-21(15)20-11)17(24)25-10-13(22)19-16(23)12-6-3-2-4-7-12/h2-9H,10H2,1H3,(H,19,22,23). The fourth-order valence-corrected chi connectivity index (χ4v) is 2.26. The van der Waals surface area contributed by atoms with Crippen molar-refractivity contribution >= 4 is 23.4 Å². The first-order valence-electron chi connectivity index (χ1n) is 7.42. The number of nitrogens with zero attached hydrogens (tertiary/aromatic N) is 3. The molecule has 0 unspecified atom stereocenters. The Morgan fingerprint density at radius 3 is 2.68 bits per heavy atom. The predicted molar refractivity (Wildman–Crippen MR) is 86.9 cm³/mol. The highest BCUT2D eigenvalue weighted by Gasteiger charge is 2.21. The smallest absolute Gasteiger partial charge is 0.344 e. The average molecular weight is 338 g/mol. The summed E-state index contributed by atoms with van der Waals surface area (Å²) >= 11 is 0. The lowest BCUT2D eigenvalue weighted by molar-refractivity contribution is -0.123. The maximum atomic E-state index is 12.2. The number of esters is 1. The average Bonchev–Trinajstić information content (AvgIpc) is 2.96. The normalized spacial score (nSPS) is 10.4. The van der Waals surface area contributed by atoms with Gasteiger partial charge >= 0.3 is 5.97 Å². The Hall–Kier alpha value is -3.55. The highest BCUT2D eigenvalue weighted by Crippen LogP contribution is 2.13. The van der Waals surface area contributed by atoms with E-state index in [0.717, 1.165) is 0 Å². The van der Waals surface area contributed by atoms with Gasteiger partial charge in [0.2, 0.25) is 0 Å². The molecule has 0 saturated heterocycles. The highest BCUT2D eigenvalue weighted by molar-refractivity contribution is 6.05. The van der Waals surface area contributed by atoms with Gasteiger partial charge in [-0.2, -0.15) is 5.10 Å². The monoisotopic (exact) mass is 338 g/mol. The molecule has 0 bridgehead atoms. The van der Waals surface area contributed by atoms with Crippen molar-refractivity contribution in [2.24, 2.45) is 0 Å². The van der Waals surface area contributed by atoms with Crippen molar-refractivity contribution in [3.63, 3.8) is 0 Å². The van der Waals surface area contributed by atoms with Crippen molar-refractivity contribution in [2.75, 3.05) is 6.61 Å². The van der Waals surface area contributed by atoms with E-state index in [1.165, 1.54) is 10.7 Å². The Labute approximate surface area is 142 Å². The largest absolute Gasteiger partial charge is 0.452 e. The SMILES string of the molecule is Cc1nn2cccnc2c1C(=O)OCC(=O)NC(=O)c1ccccc1. The molecule has 2 amide bonds. The van der Waals surface area contributed by atoms with Crippen molar-refractivity contribution in [3.8, 4) is 0 Å². The van der Waals surface area contributed by atoms with Crippen LogP contribution in [0.5, 0.6) is 0 Å². The van der Waals surface area contributed by atoms with Crippen molar-refractivity contribution in [2.45, 2.75) is 6.92 Å². The Balaban J connectivity index is 1.63. The number of carbonyl (C=O) groups is 3. The summed E-state index contributed by atoms with van der Waals surface area (Å²) in [5.74, 6) is -2.01. The quantitative estimate of drug-likeness (QED) is 0.716. The number of aromatic nitrogens is 3. The second kappa shape index (κ2) is 6.91.